The zero-order chi connectivity index (χ0) is 24.7. The Morgan fingerprint density at radius 3 is 2.26 bits per heavy atom. The van der Waals surface area contributed by atoms with Crippen LogP contribution in [-0.4, -0.2) is 65.4 Å². The van der Waals surface area contributed by atoms with E-state index in [1.165, 1.54) is 0 Å². The molecule has 1 unspecified atom stereocenters. The number of rotatable bonds is 9. The number of urea groups is 1. The van der Waals surface area contributed by atoms with Crippen molar-refractivity contribution in [1.29, 1.82) is 5.41 Å². The summed E-state index contributed by atoms with van der Waals surface area (Å²) in [6.45, 7) is 3.86. The Morgan fingerprint density at radius 1 is 1.09 bits per heavy atom. The molecule has 0 spiro atoms. The molecule has 8 nitrogen and oxygen atoms in total. The number of nitrogens with zero attached hydrogens (tertiary/aromatic N) is 1. The molecule has 1 atom stereocenters. The molecule has 2 aromatic rings. The Kier molecular flexibility index (Phi) is 8.76. The van der Waals surface area contributed by atoms with E-state index in [1.807, 2.05) is 31.2 Å². The second kappa shape index (κ2) is 11.7. The fourth-order valence-electron chi connectivity index (χ4n) is 4.34. The summed E-state index contributed by atoms with van der Waals surface area (Å²) < 4.78 is 16.5. The molecule has 0 radical (unpaired) electrons. The number of hydrogen-bond donors (Lipinski definition) is 3. The SMILES string of the molecule is CNC(=O)NC(C)Cc1cc(OC)c(OC)cc1C(=N)c1ccc(N2CCC(OC)CC2)cc1. The number of carbonyl (C=O) groups excluding carboxylic acids is 1. The van der Waals surface area contributed by atoms with Crippen molar-refractivity contribution in [2.75, 3.05) is 46.4 Å². The molecule has 184 valence electrons. The van der Waals surface area contributed by atoms with E-state index in [9.17, 15) is 4.79 Å². The molecule has 0 saturated carbocycles. The third kappa shape index (κ3) is 5.99. The molecule has 8 heteroatoms. The summed E-state index contributed by atoms with van der Waals surface area (Å²) in [5.74, 6) is 1.16. The topological polar surface area (TPSA) is 95.9 Å². The first-order valence-corrected chi connectivity index (χ1v) is 11.6. The molecule has 1 aliphatic rings. The summed E-state index contributed by atoms with van der Waals surface area (Å²) in [5, 5.41) is 14.4. The van der Waals surface area contributed by atoms with Crippen molar-refractivity contribution in [2.24, 2.45) is 0 Å². The molecular formula is C26H36N4O4. The van der Waals surface area contributed by atoms with Crippen molar-refractivity contribution in [3.63, 3.8) is 0 Å². The minimum absolute atomic E-state index is 0.137. The van der Waals surface area contributed by atoms with Gasteiger partial charge in [-0.25, -0.2) is 4.79 Å². The molecule has 34 heavy (non-hydrogen) atoms. The number of amides is 2. The summed E-state index contributed by atoms with van der Waals surface area (Å²) in [6, 6.07) is 11.5. The van der Waals surface area contributed by atoms with E-state index < -0.39 is 0 Å². The third-order valence-electron chi connectivity index (χ3n) is 6.31. The van der Waals surface area contributed by atoms with Crippen molar-refractivity contribution in [3.05, 3.63) is 53.1 Å². The highest BCUT2D eigenvalue weighted by atomic mass is 16.5. The van der Waals surface area contributed by atoms with Gasteiger partial charge in [-0.3, -0.25) is 5.41 Å². The monoisotopic (exact) mass is 468 g/mol. The normalized spacial score (nSPS) is 14.9. The average molecular weight is 469 g/mol. The van der Waals surface area contributed by atoms with Gasteiger partial charge in [-0.2, -0.15) is 0 Å². The Morgan fingerprint density at radius 2 is 1.71 bits per heavy atom. The molecule has 1 heterocycles. The molecule has 1 aliphatic heterocycles. The molecule has 3 rings (SSSR count). The molecular weight excluding hydrogens is 432 g/mol. The lowest BCUT2D eigenvalue weighted by atomic mass is 9.93. The highest BCUT2D eigenvalue weighted by Gasteiger charge is 2.21. The lowest BCUT2D eigenvalue weighted by molar-refractivity contribution is 0.0819. The number of ether oxygens (including phenoxy) is 3. The van der Waals surface area contributed by atoms with E-state index >= 15 is 0 Å². The van der Waals surface area contributed by atoms with Crippen LogP contribution in [0.3, 0.4) is 0 Å². The van der Waals surface area contributed by atoms with Crippen LogP contribution in [0.5, 0.6) is 11.5 Å². The molecule has 0 bridgehead atoms. The van der Waals surface area contributed by atoms with E-state index in [1.54, 1.807) is 28.4 Å². The van der Waals surface area contributed by atoms with Crippen molar-refractivity contribution >= 4 is 17.4 Å². The summed E-state index contributed by atoms with van der Waals surface area (Å²) in [5.41, 5.74) is 4.01. The number of anilines is 1. The lowest BCUT2D eigenvalue weighted by Crippen LogP contribution is -2.40. The van der Waals surface area contributed by atoms with Gasteiger partial charge in [-0.05, 0) is 56.0 Å². The molecule has 0 aromatic heterocycles. The zero-order valence-corrected chi connectivity index (χ0v) is 20.7. The van der Waals surface area contributed by atoms with Gasteiger partial charge in [0.05, 0.1) is 26.0 Å². The summed E-state index contributed by atoms with van der Waals surface area (Å²) >= 11 is 0. The van der Waals surface area contributed by atoms with Crippen molar-refractivity contribution in [2.45, 2.75) is 38.3 Å². The molecule has 1 saturated heterocycles. The first-order valence-electron chi connectivity index (χ1n) is 11.6. The minimum Gasteiger partial charge on any atom is -0.493 e. The van der Waals surface area contributed by atoms with Gasteiger partial charge in [-0.15, -0.1) is 0 Å². The Labute approximate surface area is 202 Å². The van der Waals surface area contributed by atoms with Crippen LogP contribution in [0.15, 0.2) is 36.4 Å². The van der Waals surface area contributed by atoms with Crippen LogP contribution in [0, 0.1) is 5.41 Å². The van der Waals surface area contributed by atoms with Gasteiger partial charge in [-0.1, -0.05) is 12.1 Å². The van der Waals surface area contributed by atoms with E-state index in [0.29, 0.717) is 29.7 Å². The number of carbonyl (C=O) groups is 1. The molecule has 3 N–H and O–H groups in total. The fourth-order valence-corrected chi connectivity index (χ4v) is 4.34. The van der Waals surface area contributed by atoms with Gasteiger partial charge in [0.25, 0.3) is 0 Å². The van der Waals surface area contributed by atoms with E-state index in [0.717, 1.165) is 48.3 Å². The Balaban J connectivity index is 1.85. The van der Waals surface area contributed by atoms with Gasteiger partial charge in [0.15, 0.2) is 11.5 Å². The van der Waals surface area contributed by atoms with Gasteiger partial charge >= 0.3 is 6.03 Å². The number of hydrogen-bond acceptors (Lipinski definition) is 6. The van der Waals surface area contributed by atoms with Crippen molar-refractivity contribution < 1.29 is 19.0 Å². The largest absolute Gasteiger partial charge is 0.493 e. The zero-order valence-electron chi connectivity index (χ0n) is 20.7. The van der Waals surface area contributed by atoms with Crippen LogP contribution < -0.4 is 25.0 Å². The maximum Gasteiger partial charge on any atom is 0.314 e. The highest BCUT2D eigenvalue weighted by Crippen LogP contribution is 2.33. The fraction of sp³-hybridized carbons (Fsp3) is 0.462. The first kappa shape index (κ1) is 25.4. The van der Waals surface area contributed by atoms with Crippen LogP contribution in [-0.2, 0) is 11.2 Å². The maximum absolute atomic E-state index is 11.8. The van der Waals surface area contributed by atoms with E-state index in [-0.39, 0.29) is 12.1 Å². The van der Waals surface area contributed by atoms with Gasteiger partial charge in [0.2, 0.25) is 0 Å². The Bertz CT molecular complexity index is 985. The van der Waals surface area contributed by atoms with Crippen LogP contribution in [0.25, 0.3) is 0 Å². The standard InChI is InChI=1S/C26H36N4O4/c1-17(29-26(31)28-2)14-19-15-23(33-4)24(34-5)16-22(19)25(27)18-6-8-20(9-7-18)30-12-10-21(32-3)11-13-30/h6-9,15-17,21,27H,10-14H2,1-5H3,(H2,28,29,31). The van der Waals surface area contributed by atoms with Crippen LogP contribution in [0.2, 0.25) is 0 Å². The predicted octanol–water partition coefficient (Wildman–Crippen LogP) is 3.60. The second-order valence-electron chi connectivity index (χ2n) is 8.54. The molecule has 2 amide bonds. The second-order valence-corrected chi connectivity index (χ2v) is 8.54. The molecule has 0 aliphatic carbocycles. The van der Waals surface area contributed by atoms with Gasteiger partial charge < -0.3 is 29.7 Å². The smallest absolute Gasteiger partial charge is 0.314 e. The van der Waals surface area contributed by atoms with Gasteiger partial charge in [0, 0.05) is 50.1 Å². The molecule has 1 fully saturated rings. The first-order chi connectivity index (χ1) is 16.4. The van der Waals surface area contributed by atoms with Gasteiger partial charge in [0.1, 0.15) is 0 Å². The van der Waals surface area contributed by atoms with Crippen molar-refractivity contribution in [3.8, 4) is 11.5 Å². The summed E-state index contributed by atoms with van der Waals surface area (Å²) in [7, 11) is 6.54. The van der Waals surface area contributed by atoms with Crippen LogP contribution in [0.4, 0.5) is 10.5 Å². The summed E-state index contributed by atoms with van der Waals surface area (Å²) in [6.07, 6.45) is 2.92. The number of methoxy groups -OCH3 is 3. The third-order valence-corrected chi connectivity index (χ3v) is 6.31. The number of nitrogens with one attached hydrogen (secondary N) is 3. The predicted molar refractivity (Wildman–Crippen MR) is 135 cm³/mol. The quantitative estimate of drug-likeness (QED) is 0.489. The number of piperidine rings is 1. The Hall–Kier alpha value is -3.26. The highest BCUT2D eigenvalue weighted by molar-refractivity contribution is 6.12. The summed E-state index contributed by atoms with van der Waals surface area (Å²) in [4.78, 5) is 14.1. The van der Waals surface area contributed by atoms with Crippen LogP contribution in [0.1, 0.15) is 36.5 Å². The number of benzene rings is 2. The molecule has 2 aromatic carbocycles. The average Bonchev–Trinajstić information content (AvgIpc) is 2.88. The lowest BCUT2D eigenvalue weighted by Gasteiger charge is -2.33. The van der Waals surface area contributed by atoms with E-state index in [2.05, 4.69) is 27.7 Å². The minimum atomic E-state index is -0.241. The van der Waals surface area contributed by atoms with Crippen LogP contribution >= 0.6 is 0 Å². The van der Waals surface area contributed by atoms with Crippen molar-refractivity contribution in [1.82, 2.24) is 10.6 Å². The maximum atomic E-state index is 11.8. The van der Waals surface area contributed by atoms with E-state index in [4.69, 9.17) is 19.6 Å².